The lowest BCUT2D eigenvalue weighted by molar-refractivity contribution is 0.613. The summed E-state index contributed by atoms with van der Waals surface area (Å²) < 4.78 is 0. The Hall–Kier alpha value is -1.74. The molecule has 1 aromatic heterocycles. The number of aryl methyl sites for hydroxylation is 2. The van der Waals surface area contributed by atoms with Gasteiger partial charge in [0.05, 0.1) is 0 Å². The third-order valence-electron chi connectivity index (χ3n) is 3.83. The van der Waals surface area contributed by atoms with Crippen molar-refractivity contribution in [3.8, 4) is 0 Å². The number of rotatable bonds is 2. The van der Waals surface area contributed by atoms with Crippen molar-refractivity contribution in [3.05, 3.63) is 58.7 Å². The molecule has 3 heteroatoms. The molecular formula is C17H21N3. The van der Waals surface area contributed by atoms with Gasteiger partial charge in [0, 0.05) is 31.3 Å². The molecule has 20 heavy (non-hydrogen) atoms. The first-order chi connectivity index (χ1) is 9.81. The molecule has 3 rings (SSSR count). The van der Waals surface area contributed by atoms with E-state index in [1.165, 1.54) is 28.8 Å². The molecule has 0 atom stereocenters. The molecule has 0 radical (unpaired) electrons. The van der Waals surface area contributed by atoms with E-state index in [1.54, 1.807) is 0 Å². The Bertz CT molecular complexity index is 575. The van der Waals surface area contributed by atoms with Gasteiger partial charge in [-0.05, 0) is 37.4 Å². The molecule has 3 nitrogen and oxygen atoms in total. The molecule has 0 aliphatic carbocycles. The van der Waals surface area contributed by atoms with Crippen LogP contribution in [0.15, 0.2) is 30.5 Å². The highest BCUT2D eigenvalue weighted by Crippen LogP contribution is 2.13. The fourth-order valence-electron chi connectivity index (χ4n) is 2.62. The van der Waals surface area contributed by atoms with Crippen LogP contribution in [0.5, 0.6) is 0 Å². The number of hydrogen-bond donors (Lipinski definition) is 1. The van der Waals surface area contributed by atoms with E-state index in [0.29, 0.717) is 0 Å². The normalized spacial score (nSPS) is 15.2. The van der Waals surface area contributed by atoms with Gasteiger partial charge in [0.1, 0.15) is 5.82 Å². The number of nitrogens with one attached hydrogen (secondary N) is 1. The molecule has 0 spiro atoms. The van der Waals surface area contributed by atoms with E-state index >= 15 is 0 Å². The first-order valence-corrected chi connectivity index (χ1v) is 7.41. The Morgan fingerprint density at radius 1 is 1.10 bits per heavy atom. The summed E-state index contributed by atoms with van der Waals surface area (Å²) in [5.74, 6) is 0.938. The third kappa shape index (κ3) is 3.23. The number of benzene rings is 1. The maximum absolute atomic E-state index is 4.78. The van der Waals surface area contributed by atoms with Crippen LogP contribution in [0.25, 0.3) is 0 Å². The Kier molecular flexibility index (Phi) is 4.07. The number of fused-ring (bicyclic) bond motifs is 1. The average molecular weight is 267 g/mol. The maximum atomic E-state index is 4.78. The van der Waals surface area contributed by atoms with Gasteiger partial charge in [0.2, 0.25) is 0 Å². The fraction of sp³-hybridized carbons (Fsp3) is 0.412. The lowest BCUT2D eigenvalue weighted by Crippen LogP contribution is -2.23. The molecule has 2 aromatic rings. The monoisotopic (exact) mass is 267 g/mol. The van der Waals surface area contributed by atoms with Gasteiger partial charge in [-0.3, -0.25) is 0 Å². The Morgan fingerprint density at radius 3 is 2.80 bits per heavy atom. The van der Waals surface area contributed by atoms with E-state index in [-0.39, 0.29) is 0 Å². The van der Waals surface area contributed by atoms with Gasteiger partial charge in [-0.2, -0.15) is 0 Å². The van der Waals surface area contributed by atoms with Crippen molar-refractivity contribution in [2.75, 3.05) is 13.1 Å². The molecule has 0 unspecified atom stereocenters. The van der Waals surface area contributed by atoms with Crippen LogP contribution in [-0.4, -0.2) is 23.1 Å². The predicted molar refractivity (Wildman–Crippen MR) is 80.9 cm³/mol. The average Bonchev–Trinajstić information content (AvgIpc) is 2.43. The minimum atomic E-state index is 0.820. The van der Waals surface area contributed by atoms with Gasteiger partial charge in [-0.25, -0.2) is 9.97 Å². The zero-order chi connectivity index (χ0) is 13.8. The second-order valence-electron chi connectivity index (χ2n) is 5.52. The summed E-state index contributed by atoms with van der Waals surface area (Å²) in [6, 6.07) is 8.62. The molecule has 0 amide bonds. The molecule has 104 valence electrons. The molecule has 0 saturated carbocycles. The van der Waals surface area contributed by atoms with E-state index in [9.17, 15) is 0 Å². The molecule has 1 aromatic carbocycles. The van der Waals surface area contributed by atoms with Crippen LogP contribution in [0.2, 0.25) is 0 Å². The molecule has 2 heterocycles. The molecule has 0 fully saturated rings. The molecule has 1 aliphatic heterocycles. The van der Waals surface area contributed by atoms with Crippen LogP contribution in [-0.2, 0) is 19.3 Å². The van der Waals surface area contributed by atoms with Gasteiger partial charge in [-0.1, -0.05) is 29.8 Å². The van der Waals surface area contributed by atoms with Gasteiger partial charge in [0.25, 0.3) is 0 Å². The zero-order valence-corrected chi connectivity index (χ0v) is 12.0. The van der Waals surface area contributed by atoms with Crippen molar-refractivity contribution in [3.63, 3.8) is 0 Å². The van der Waals surface area contributed by atoms with Crippen LogP contribution in [0.4, 0.5) is 0 Å². The minimum absolute atomic E-state index is 0.820. The summed E-state index contributed by atoms with van der Waals surface area (Å²) >= 11 is 0. The second kappa shape index (κ2) is 6.14. The lowest BCUT2D eigenvalue weighted by atomic mass is 10.0. The standard InChI is InChI=1S/C17H21N3/c1-13-4-6-14(7-5-13)11-17-19-12-15-3-2-9-18-10-8-16(15)20-17/h4-7,12,18H,2-3,8-11H2,1H3. The van der Waals surface area contributed by atoms with E-state index in [1.807, 2.05) is 6.20 Å². The summed E-state index contributed by atoms with van der Waals surface area (Å²) in [4.78, 5) is 9.33. The largest absolute Gasteiger partial charge is 0.316 e. The van der Waals surface area contributed by atoms with Crippen molar-refractivity contribution in [2.24, 2.45) is 0 Å². The Morgan fingerprint density at radius 2 is 1.95 bits per heavy atom. The van der Waals surface area contributed by atoms with E-state index in [4.69, 9.17) is 4.98 Å². The van der Waals surface area contributed by atoms with Gasteiger partial charge < -0.3 is 5.32 Å². The summed E-state index contributed by atoms with van der Waals surface area (Å²) in [7, 11) is 0. The van der Waals surface area contributed by atoms with Crippen molar-refractivity contribution in [2.45, 2.75) is 32.6 Å². The van der Waals surface area contributed by atoms with Crippen LogP contribution in [0.1, 0.15) is 34.6 Å². The van der Waals surface area contributed by atoms with Crippen LogP contribution < -0.4 is 5.32 Å². The third-order valence-corrected chi connectivity index (χ3v) is 3.83. The predicted octanol–water partition coefficient (Wildman–Crippen LogP) is 2.45. The summed E-state index contributed by atoms with van der Waals surface area (Å²) in [6.45, 7) is 4.23. The van der Waals surface area contributed by atoms with E-state index in [2.05, 4.69) is 41.5 Å². The first-order valence-electron chi connectivity index (χ1n) is 7.41. The van der Waals surface area contributed by atoms with Crippen LogP contribution in [0, 0.1) is 6.92 Å². The highest BCUT2D eigenvalue weighted by atomic mass is 14.9. The molecule has 0 bridgehead atoms. The number of aromatic nitrogens is 2. The van der Waals surface area contributed by atoms with Crippen molar-refractivity contribution >= 4 is 0 Å². The summed E-state index contributed by atoms with van der Waals surface area (Å²) in [5, 5.41) is 3.44. The van der Waals surface area contributed by atoms with E-state index < -0.39 is 0 Å². The summed E-state index contributed by atoms with van der Waals surface area (Å²) in [5.41, 5.74) is 5.13. The number of hydrogen-bond acceptors (Lipinski definition) is 3. The summed E-state index contributed by atoms with van der Waals surface area (Å²) in [6.07, 6.45) is 6.14. The molecule has 1 N–H and O–H groups in total. The van der Waals surface area contributed by atoms with Gasteiger partial charge in [-0.15, -0.1) is 0 Å². The first kappa shape index (κ1) is 13.3. The molecule has 0 saturated heterocycles. The topological polar surface area (TPSA) is 37.8 Å². The van der Waals surface area contributed by atoms with E-state index in [0.717, 1.165) is 38.2 Å². The van der Waals surface area contributed by atoms with Crippen LogP contribution in [0.3, 0.4) is 0 Å². The SMILES string of the molecule is Cc1ccc(Cc2ncc3c(n2)CCNCCC3)cc1. The fourth-order valence-corrected chi connectivity index (χ4v) is 2.62. The quantitative estimate of drug-likeness (QED) is 0.908. The Labute approximate surface area is 120 Å². The highest BCUT2D eigenvalue weighted by molar-refractivity contribution is 5.25. The number of nitrogens with zero attached hydrogens (tertiary/aromatic N) is 2. The zero-order valence-electron chi connectivity index (χ0n) is 12.0. The Balaban J connectivity index is 1.80. The van der Waals surface area contributed by atoms with Crippen molar-refractivity contribution < 1.29 is 0 Å². The van der Waals surface area contributed by atoms with Gasteiger partial charge >= 0.3 is 0 Å². The second-order valence-corrected chi connectivity index (χ2v) is 5.52. The minimum Gasteiger partial charge on any atom is -0.316 e. The maximum Gasteiger partial charge on any atom is 0.132 e. The lowest BCUT2D eigenvalue weighted by Gasteiger charge is -2.14. The van der Waals surface area contributed by atoms with Crippen LogP contribution >= 0.6 is 0 Å². The highest BCUT2D eigenvalue weighted by Gasteiger charge is 2.10. The van der Waals surface area contributed by atoms with Gasteiger partial charge in [0.15, 0.2) is 0 Å². The molecule has 1 aliphatic rings. The smallest absolute Gasteiger partial charge is 0.132 e. The van der Waals surface area contributed by atoms with Crippen molar-refractivity contribution in [1.82, 2.24) is 15.3 Å². The molecular weight excluding hydrogens is 246 g/mol. The van der Waals surface area contributed by atoms with Crippen molar-refractivity contribution in [1.29, 1.82) is 0 Å².